The van der Waals surface area contributed by atoms with Crippen LogP contribution in [0.1, 0.15) is 69.1 Å². The summed E-state index contributed by atoms with van der Waals surface area (Å²) in [5.74, 6) is -0.0386. The number of nitrogens with one attached hydrogen (secondary N) is 1. The number of nitrogens with zero attached hydrogens (tertiary/aromatic N) is 5. The molecular formula is C28H33F2N6O+. The highest BCUT2D eigenvalue weighted by Crippen LogP contribution is 2.37. The number of alkyl halides is 2. The van der Waals surface area contributed by atoms with Crippen LogP contribution in [0.25, 0.3) is 27.9 Å². The van der Waals surface area contributed by atoms with Gasteiger partial charge in [0.1, 0.15) is 17.0 Å². The van der Waals surface area contributed by atoms with E-state index in [4.69, 9.17) is 6.57 Å². The van der Waals surface area contributed by atoms with Gasteiger partial charge in [-0.05, 0) is 76.1 Å². The fourth-order valence-electron chi connectivity index (χ4n) is 5.39. The van der Waals surface area contributed by atoms with Crippen LogP contribution in [0.15, 0.2) is 36.5 Å². The Balaban J connectivity index is 1.60. The van der Waals surface area contributed by atoms with Crippen molar-refractivity contribution in [3.8, 4) is 23.6 Å². The topological polar surface area (TPSA) is 80.2 Å². The summed E-state index contributed by atoms with van der Waals surface area (Å²) in [4.78, 5) is 8.14. The van der Waals surface area contributed by atoms with Gasteiger partial charge in [-0.2, -0.15) is 0 Å². The monoisotopic (exact) mass is 507 g/mol. The minimum atomic E-state index is -2.43. The molecule has 0 atom stereocenters. The molecule has 0 bridgehead atoms. The third-order valence-corrected chi connectivity index (χ3v) is 6.67. The second-order valence-electron chi connectivity index (χ2n) is 11.0. The molecule has 0 spiro atoms. The molecule has 37 heavy (non-hydrogen) atoms. The van der Waals surface area contributed by atoms with Crippen LogP contribution in [0.5, 0.6) is 5.75 Å². The second kappa shape index (κ2) is 10.0. The summed E-state index contributed by atoms with van der Waals surface area (Å²) in [5.41, 5.74) is 3.87. The van der Waals surface area contributed by atoms with Crippen LogP contribution in [-0.2, 0) is 6.42 Å². The van der Waals surface area contributed by atoms with Crippen molar-refractivity contribution in [2.24, 2.45) is 0 Å². The second-order valence-corrected chi connectivity index (χ2v) is 11.0. The number of phenolic OH excluding ortho intramolecular Hbond substituents is 1. The summed E-state index contributed by atoms with van der Waals surface area (Å²) in [5, 5.41) is 23.3. The zero-order valence-electron chi connectivity index (χ0n) is 21.8. The molecule has 0 saturated carbocycles. The number of phenols is 1. The summed E-state index contributed by atoms with van der Waals surface area (Å²) in [7, 11) is 0. The highest BCUT2D eigenvalue weighted by Gasteiger charge is 2.39. The molecule has 7 nitrogen and oxygen atoms in total. The van der Waals surface area contributed by atoms with Crippen LogP contribution in [0.3, 0.4) is 0 Å². The zero-order valence-corrected chi connectivity index (χ0v) is 21.8. The van der Waals surface area contributed by atoms with E-state index in [2.05, 4.69) is 53.2 Å². The summed E-state index contributed by atoms with van der Waals surface area (Å²) in [6.45, 7) is 16.4. The maximum atomic E-state index is 12.6. The molecule has 2 N–H and O–H groups in total. The van der Waals surface area contributed by atoms with E-state index in [1.807, 2.05) is 11.6 Å². The average Bonchev–Trinajstić information content (AvgIpc) is 3.16. The Morgan fingerprint density at radius 2 is 1.92 bits per heavy atom. The van der Waals surface area contributed by atoms with Crippen LogP contribution in [-0.4, -0.2) is 42.6 Å². The highest BCUT2D eigenvalue weighted by atomic mass is 19.3. The van der Waals surface area contributed by atoms with Crippen molar-refractivity contribution in [2.45, 2.75) is 77.4 Å². The third kappa shape index (κ3) is 6.03. The van der Waals surface area contributed by atoms with E-state index in [0.717, 1.165) is 18.5 Å². The van der Waals surface area contributed by atoms with Crippen molar-refractivity contribution < 1.29 is 13.9 Å². The normalized spacial score (nSPS) is 17.6. The van der Waals surface area contributed by atoms with E-state index in [1.165, 1.54) is 6.20 Å². The number of hydrogen-bond donors (Lipinski definition) is 2. The summed E-state index contributed by atoms with van der Waals surface area (Å²) in [6.07, 6.45) is 2.19. The number of aromatic nitrogens is 4. The van der Waals surface area contributed by atoms with Crippen molar-refractivity contribution >= 4 is 11.8 Å². The van der Waals surface area contributed by atoms with Crippen LogP contribution >= 0.6 is 0 Å². The van der Waals surface area contributed by atoms with Crippen LogP contribution in [0.4, 0.5) is 8.78 Å². The SMILES string of the molecule is C#[N+]/C(=C\c1nnn(C2CC(C)(C)NC(C)(C)C2)c1C)c1ccc(-c2ccc(CC(F)F)cn2)cc1O. The molecule has 194 valence electrons. The largest absolute Gasteiger partial charge is 0.507 e. The first-order chi connectivity index (χ1) is 17.4. The lowest BCUT2D eigenvalue weighted by atomic mass is 9.79. The molecule has 1 aliphatic heterocycles. The number of aromatic hydroxyl groups is 1. The Morgan fingerprint density at radius 3 is 2.49 bits per heavy atom. The fourth-order valence-corrected chi connectivity index (χ4v) is 5.39. The summed E-state index contributed by atoms with van der Waals surface area (Å²) < 4.78 is 27.2. The van der Waals surface area contributed by atoms with Crippen molar-refractivity contribution in [3.05, 3.63) is 63.9 Å². The third-order valence-electron chi connectivity index (χ3n) is 6.67. The predicted octanol–water partition coefficient (Wildman–Crippen LogP) is 6.10. The number of benzene rings is 1. The van der Waals surface area contributed by atoms with Gasteiger partial charge in [0, 0.05) is 29.3 Å². The Kier molecular flexibility index (Phi) is 7.16. The van der Waals surface area contributed by atoms with E-state index in [0.29, 0.717) is 33.8 Å². The number of halogens is 2. The van der Waals surface area contributed by atoms with Gasteiger partial charge in [0.25, 0.3) is 6.57 Å². The molecule has 9 heteroatoms. The molecule has 1 aromatic carbocycles. The fraction of sp³-hybridized carbons (Fsp3) is 0.429. The molecule has 2 aromatic heterocycles. The van der Waals surface area contributed by atoms with Crippen LogP contribution in [0, 0.1) is 13.5 Å². The molecule has 1 fully saturated rings. The first-order valence-electron chi connectivity index (χ1n) is 12.3. The van der Waals surface area contributed by atoms with Gasteiger partial charge < -0.3 is 10.4 Å². The van der Waals surface area contributed by atoms with Gasteiger partial charge in [-0.3, -0.25) is 4.98 Å². The van der Waals surface area contributed by atoms with E-state index in [9.17, 15) is 13.9 Å². The first-order valence-corrected chi connectivity index (χ1v) is 12.3. The van der Waals surface area contributed by atoms with Gasteiger partial charge in [0.05, 0.1) is 23.5 Å². The van der Waals surface area contributed by atoms with E-state index in [-0.39, 0.29) is 29.3 Å². The van der Waals surface area contributed by atoms with Gasteiger partial charge in [0.2, 0.25) is 6.43 Å². The summed E-state index contributed by atoms with van der Waals surface area (Å²) >= 11 is 0. The van der Waals surface area contributed by atoms with E-state index < -0.39 is 6.43 Å². The molecule has 3 heterocycles. The van der Waals surface area contributed by atoms with E-state index in [1.54, 1.807) is 36.4 Å². The Morgan fingerprint density at radius 1 is 1.22 bits per heavy atom. The minimum Gasteiger partial charge on any atom is -0.507 e. The standard InChI is InChI=1S/C28H32F2N6O/c1-17-23(33-35-36(17)20-14-27(2,3)34-28(4,5)15-20)13-24(31-6)21-9-8-19(12-25(21)37)22-10-7-18(16-32-22)11-26(29)30/h6-10,12-13,16,20,26,34H,11,14-15H2,1-5H3/p+1/b24-13-. The number of pyridine rings is 1. The maximum absolute atomic E-state index is 12.6. The van der Waals surface area contributed by atoms with Crippen molar-refractivity contribution in [1.82, 2.24) is 25.3 Å². The maximum Gasteiger partial charge on any atom is 0.353 e. The molecule has 4 rings (SSSR count). The molecular weight excluding hydrogens is 474 g/mol. The van der Waals surface area contributed by atoms with E-state index >= 15 is 0 Å². The van der Waals surface area contributed by atoms with Crippen molar-refractivity contribution in [2.75, 3.05) is 0 Å². The van der Waals surface area contributed by atoms with Gasteiger partial charge in [-0.15, -0.1) is 5.10 Å². The Labute approximate surface area is 216 Å². The number of piperidine rings is 1. The molecule has 3 aromatic rings. The first kappa shape index (κ1) is 26.4. The Bertz CT molecular complexity index is 1340. The lowest BCUT2D eigenvalue weighted by Crippen LogP contribution is -2.58. The average molecular weight is 508 g/mol. The van der Waals surface area contributed by atoms with Crippen molar-refractivity contribution in [3.63, 3.8) is 0 Å². The lowest BCUT2D eigenvalue weighted by Gasteiger charge is -2.46. The lowest BCUT2D eigenvalue weighted by molar-refractivity contribution is 0.124. The van der Waals surface area contributed by atoms with Gasteiger partial charge >= 0.3 is 5.70 Å². The summed E-state index contributed by atoms with van der Waals surface area (Å²) in [6, 6.07) is 8.46. The molecule has 0 unspecified atom stereocenters. The molecule has 0 aliphatic carbocycles. The smallest absolute Gasteiger partial charge is 0.353 e. The predicted molar refractivity (Wildman–Crippen MR) is 142 cm³/mol. The number of rotatable bonds is 6. The molecule has 1 aliphatic rings. The quantitative estimate of drug-likeness (QED) is 0.421. The van der Waals surface area contributed by atoms with Crippen molar-refractivity contribution in [1.29, 1.82) is 0 Å². The Hall–Kier alpha value is -3.64. The van der Waals surface area contributed by atoms with Gasteiger partial charge in [-0.1, -0.05) is 17.3 Å². The highest BCUT2D eigenvalue weighted by molar-refractivity contribution is 5.88. The van der Waals surface area contributed by atoms with Gasteiger partial charge in [0.15, 0.2) is 0 Å². The van der Waals surface area contributed by atoms with Crippen LogP contribution < -0.4 is 5.32 Å². The molecule has 1 saturated heterocycles. The minimum absolute atomic E-state index is 0.0375. The molecule has 0 amide bonds. The molecule has 0 radical (unpaired) electrons. The zero-order chi connectivity index (χ0) is 27.0. The van der Waals surface area contributed by atoms with Gasteiger partial charge in [-0.25, -0.2) is 13.5 Å². The number of hydrogen-bond acceptors (Lipinski definition) is 5. The van der Waals surface area contributed by atoms with Crippen LogP contribution in [0.2, 0.25) is 0 Å².